The second-order valence-corrected chi connectivity index (χ2v) is 4.39. The van der Waals surface area contributed by atoms with E-state index in [2.05, 4.69) is 33.8 Å². The Balaban J connectivity index is 4.06. The maximum Gasteiger partial charge on any atom is -0.0175 e. The lowest BCUT2D eigenvalue weighted by Gasteiger charge is -2.26. The van der Waals surface area contributed by atoms with Crippen LogP contribution < -0.4 is 5.14 Å². The molecule has 1 atom stereocenters. The Labute approximate surface area is 74.6 Å². The maximum absolute atomic E-state index is 5.30. The van der Waals surface area contributed by atoms with Crippen molar-refractivity contribution in [1.29, 1.82) is 0 Å². The lowest BCUT2D eigenvalue weighted by Crippen LogP contribution is -2.17. The normalized spacial score (nSPS) is 15.7. The zero-order valence-electron chi connectivity index (χ0n) is 7.92. The van der Waals surface area contributed by atoms with E-state index >= 15 is 0 Å². The molecule has 0 spiro atoms. The van der Waals surface area contributed by atoms with Gasteiger partial charge in [0.15, 0.2) is 0 Å². The van der Waals surface area contributed by atoms with Gasteiger partial charge in [0, 0.05) is 0 Å². The van der Waals surface area contributed by atoms with Crippen LogP contribution in [0, 0.1) is 11.3 Å². The van der Waals surface area contributed by atoms with E-state index < -0.39 is 0 Å². The van der Waals surface area contributed by atoms with E-state index in [4.69, 9.17) is 5.14 Å². The van der Waals surface area contributed by atoms with Crippen molar-refractivity contribution < 1.29 is 0 Å². The van der Waals surface area contributed by atoms with Crippen LogP contribution in [0.2, 0.25) is 0 Å². The molecule has 0 fully saturated rings. The van der Waals surface area contributed by atoms with Crippen LogP contribution >= 0.6 is 11.9 Å². The maximum atomic E-state index is 5.30. The lowest BCUT2D eigenvalue weighted by atomic mass is 9.79. The molecule has 0 saturated heterocycles. The summed E-state index contributed by atoms with van der Waals surface area (Å²) < 4.78 is 0. The van der Waals surface area contributed by atoms with Crippen molar-refractivity contribution in [2.45, 2.75) is 34.1 Å². The first-order valence-corrected chi connectivity index (χ1v) is 4.98. The van der Waals surface area contributed by atoms with Gasteiger partial charge >= 0.3 is 0 Å². The monoisotopic (exact) mass is 173 g/mol. The fourth-order valence-corrected chi connectivity index (χ4v) is 1.46. The van der Waals surface area contributed by atoms with Gasteiger partial charge in [-0.15, -0.1) is 0 Å². The zero-order valence-corrected chi connectivity index (χ0v) is 8.74. The topological polar surface area (TPSA) is 26.0 Å². The molecule has 11 heavy (non-hydrogen) atoms. The first kappa shape index (κ1) is 11.1. The average molecular weight is 173 g/mol. The van der Waals surface area contributed by atoms with Crippen LogP contribution in [0.15, 0.2) is 11.5 Å². The van der Waals surface area contributed by atoms with Crippen LogP contribution in [0.3, 0.4) is 0 Å². The van der Waals surface area contributed by atoms with Crippen molar-refractivity contribution >= 4 is 11.9 Å². The van der Waals surface area contributed by atoms with Gasteiger partial charge < -0.3 is 0 Å². The van der Waals surface area contributed by atoms with Gasteiger partial charge in [-0.2, -0.15) is 0 Å². The Bertz CT molecular complexity index is 124. The molecule has 0 saturated carbocycles. The van der Waals surface area contributed by atoms with E-state index in [0.29, 0.717) is 11.3 Å². The molecule has 0 aliphatic carbocycles. The SMILES string of the molecule is CCC(/C=C\SN)C(C)(C)C. The highest BCUT2D eigenvalue weighted by Gasteiger charge is 2.19. The number of nitrogens with two attached hydrogens (primary N) is 1. The molecule has 0 rings (SSSR count). The highest BCUT2D eigenvalue weighted by Crippen LogP contribution is 2.29. The Morgan fingerprint density at radius 1 is 1.45 bits per heavy atom. The van der Waals surface area contributed by atoms with Gasteiger partial charge in [-0.1, -0.05) is 45.7 Å². The lowest BCUT2D eigenvalue weighted by molar-refractivity contribution is 0.286. The molecule has 0 heterocycles. The van der Waals surface area contributed by atoms with Crippen molar-refractivity contribution in [3.63, 3.8) is 0 Å². The Morgan fingerprint density at radius 2 is 2.00 bits per heavy atom. The number of rotatable bonds is 3. The molecule has 2 heteroatoms. The predicted octanol–water partition coefficient (Wildman–Crippen LogP) is 3.18. The second kappa shape index (κ2) is 4.83. The highest BCUT2D eigenvalue weighted by molar-refractivity contribution is 7.99. The van der Waals surface area contributed by atoms with E-state index in [0.717, 1.165) is 0 Å². The molecule has 0 aromatic heterocycles. The Morgan fingerprint density at radius 3 is 2.27 bits per heavy atom. The van der Waals surface area contributed by atoms with Crippen LogP contribution in [0.4, 0.5) is 0 Å². The van der Waals surface area contributed by atoms with E-state index in [9.17, 15) is 0 Å². The molecular formula is C9H19NS. The molecule has 0 aromatic carbocycles. The smallest absolute Gasteiger partial charge is 0.0175 e. The van der Waals surface area contributed by atoms with Crippen LogP contribution in [0.5, 0.6) is 0 Å². The minimum atomic E-state index is 0.362. The van der Waals surface area contributed by atoms with Gasteiger partial charge in [0.05, 0.1) is 0 Å². The molecule has 66 valence electrons. The molecule has 1 unspecified atom stereocenters. The minimum Gasteiger partial charge on any atom is -0.274 e. The molecule has 0 amide bonds. The summed E-state index contributed by atoms with van der Waals surface area (Å²) in [6, 6.07) is 0. The molecule has 0 radical (unpaired) electrons. The highest BCUT2D eigenvalue weighted by atomic mass is 32.2. The quantitative estimate of drug-likeness (QED) is 0.663. The minimum absolute atomic E-state index is 0.362. The summed E-state index contributed by atoms with van der Waals surface area (Å²) in [7, 11) is 0. The first-order chi connectivity index (χ1) is 5.02. The summed E-state index contributed by atoms with van der Waals surface area (Å²) in [5, 5.41) is 7.28. The fourth-order valence-electron chi connectivity index (χ4n) is 1.18. The van der Waals surface area contributed by atoms with Gasteiger partial charge in [0.2, 0.25) is 0 Å². The molecule has 0 aliphatic heterocycles. The first-order valence-electron chi connectivity index (χ1n) is 4.04. The average Bonchev–Trinajstić information content (AvgIpc) is 1.87. The molecule has 1 nitrogen and oxygen atoms in total. The summed E-state index contributed by atoms with van der Waals surface area (Å²) >= 11 is 1.28. The van der Waals surface area contributed by atoms with Gasteiger partial charge in [0.25, 0.3) is 0 Å². The number of hydrogen-bond donors (Lipinski definition) is 1. The largest absolute Gasteiger partial charge is 0.274 e. The summed E-state index contributed by atoms with van der Waals surface area (Å²) in [4.78, 5) is 0. The van der Waals surface area contributed by atoms with Crippen LogP contribution in [0.25, 0.3) is 0 Å². The Hall–Kier alpha value is 0.0500. The van der Waals surface area contributed by atoms with E-state index in [1.165, 1.54) is 18.4 Å². The van der Waals surface area contributed by atoms with Gasteiger partial charge in [-0.25, -0.2) is 0 Å². The van der Waals surface area contributed by atoms with Crippen molar-refractivity contribution in [1.82, 2.24) is 0 Å². The molecule has 0 bridgehead atoms. The zero-order chi connectivity index (χ0) is 8.91. The molecular weight excluding hydrogens is 154 g/mol. The van der Waals surface area contributed by atoms with Gasteiger partial charge in [-0.3, -0.25) is 5.14 Å². The third-order valence-corrected chi connectivity index (χ3v) is 2.26. The third-order valence-electron chi connectivity index (χ3n) is 1.94. The van der Waals surface area contributed by atoms with Crippen LogP contribution in [-0.2, 0) is 0 Å². The fraction of sp³-hybridized carbons (Fsp3) is 0.778. The van der Waals surface area contributed by atoms with Gasteiger partial charge in [-0.05, 0) is 23.2 Å². The van der Waals surface area contributed by atoms with Crippen LogP contribution in [-0.4, -0.2) is 0 Å². The van der Waals surface area contributed by atoms with Crippen LogP contribution in [0.1, 0.15) is 34.1 Å². The van der Waals surface area contributed by atoms with E-state index in [-0.39, 0.29) is 0 Å². The summed E-state index contributed by atoms with van der Waals surface area (Å²) in [5.74, 6) is 0.638. The van der Waals surface area contributed by atoms with E-state index in [1.807, 2.05) is 5.41 Å². The number of allylic oxidation sites excluding steroid dienone is 1. The summed E-state index contributed by atoms with van der Waals surface area (Å²) in [5.41, 5.74) is 0.362. The Kier molecular flexibility index (Phi) is 4.86. The van der Waals surface area contributed by atoms with Crippen molar-refractivity contribution in [2.75, 3.05) is 0 Å². The van der Waals surface area contributed by atoms with Crippen molar-refractivity contribution in [3.05, 3.63) is 11.5 Å². The third kappa shape index (κ3) is 4.49. The van der Waals surface area contributed by atoms with E-state index in [1.54, 1.807) is 0 Å². The van der Waals surface area contributed by atoms with Crippen molar-refractivity contribution in [3.8, 4) is 0 Å². The van der Waals surface area contributed by atoms with Gasteiger partial charge in [0.1, 0.15) is 0 Å². The number of hydrogen-bond acceptors (Lipinski definition) is 2. The molecule has 0 aliphatic rings. The summed E-state index contributed by atoms with van der Waals surface area (Å²) in [6.07, 6.45) is 3.38. The summed E-state index contributed by atoms with van der Waals surface area (Å²) in [6.45, 7) is 8.98. The predicted molar refractivity (Wildman–Crippen MR) is 54.2 cm³/mol. The van der Waals surface area contributed by atoms with Crippen molar-refractivity contribution in [2.24, 2.45) is 16.5 Å². The molecule has 0 aromatic rings. The standard InChI is InChI=1S/C9H19NS/c1-5-8(6-7-11-10)9(2,3)4/h6-8H,5,10H2,1-4H3/b7-6-. The molecule has 2 N–H and O–H groups in total. The second-order valence-electron chi connectivity index (χ2n) is 3.85.